The van der Waals surface area contributed by atoms with Crippen molar-refractivity contribution in [1.29, 1.82) is 0 Å². The molecular formula is C12H11FN2O2. The van der Waals surface area contributed by atoms with Crippen molar-refractivity contribution < 1.29 is 14.0 Å². The molecule has 0 aromatic heterocycles. The van der Waals surface area contributed by atoms with Crippen LogP contribution >= 0.6 is 0 Å². The second kappa shape index (κ2) is 4.01. The molecule has 0 saturated heterocycles. The van der Waals surface area contributed by atoms with Crippen LogP contribution < -0.4 is 5.32 Å². The van der Waals surface area contributed by atoms with Crippen molar-refractivity contribution in [2.24, 2.45) is 0 Å². The molecule has 1 amide bonds. The first-order valence-electron chi connectivity index (χ1n) is 5.03. The summed E-state index contributed by atoms with van der Waals surface area (Å²) in [5.74, 6) is -1.43. The molecule has 4 nitrogen and oxygen atoms in total. The average Bonchev–Trinajstić information content (AvgIpc) is 2.25. The Balaban J connectivity index is 2.53. The summed E-state index contributed by atoms with van der Waals surface area (Å²) in [6.45, 7) is 0. The molecule has 0 unspecified atom stereocenters. The fourth-order valence-electron chi connectivity index (χ4n) is 1.63. The van der Waals surface area contributed by atoms with E-state index in [-0.39, 0.29) is 11.1 Å². The van der Waals surface area contributed by atoms with Gasteiger partial charge in [-0.3, -0.25) is 9.59 Å². The zero-order chi connectivity index (χ0) is 12.6. The lowest BCUT2D eigenvalue weighted by molar-refractivity contribution is -0.112. The third-order valence-electron chi connectivity index (χ3n) is 2.35. The van der Waals surface area contributed by atoms with Gasteiger partial charge in [0.25, 0.3) is 5.91 Å². The smallest absolute Gasteiger partial charge is 0.261 e. The Morgan fingerprint density at radius 1 is 1.29 bits per heavy atom. The second-order valence-corrected chi connectivity index (χ2v) is 3.98. The number of ketones is 1. The number of fused-ring (bicyclic) bond motifs is 1. The summed E-state index contributed by atoms with van der Waals surface area (Å²) in [6, 6.07) is 3.71. The monoisotopic (exact) mass is 234 g/mol. The Kier molecular flexibility index (Phi) is 2.67. The van der Waals surface area contributed by atoms with Gasteiger partial charge in [-0.25, -0.2) is 4.39 Å². The van der Waals surface area contributed by atoms with Crippen LogP contribution in [0.1, 0.15) is 10.4 Å². The van der Waals surface area contributed by atoms with Crippen molar-refractivity contribution in [2.75, 3.05) is 19.4 Å². The topological polar surface area (TPSA) is 49.4 Å². The van der Waals surface area contributed by atoms with Crippen molar-refractivity contribution in [1.82, 2.24) is 4.90 Å². The van der Waals surface area contributed by atoms with E-state index >= 15 is 0 Å². The van der Waals surface area contributed by atoms with Crippen LogP contribution in [0.5, 0.6) is 0 Å². The molecular weight excluding hydrogens is 223 g/mol. The molecule has 0 fully saturated rings. The maximum atomic E-state index is 13.1. The number of rotatable bonds is 1. The van der Waals surface area contributed by atoms with Gasteiger partial charge in [0.2, 0.25) is 5.78 Å². The van der Waals surface area contributed by atoms with E-state index in [9.17, 15) is 14.0 Å². The lowest BCUT2D eigenvalue weighted by atomic mass is 9.97. The van der Waals surface area contributed by atoms with Crippen LogP contribution in [-0.4, -0.2) is 30.7 Å². The Bertz CT molecular complexity index is 535. The van der Waals surface area contributed by atoms with Crippen molar-refractivity contribution in [3.8, 4) is 0 Å². The molecule has 0 radical (unpaired) electrons. The van der Waals surface area contributed by atoms with Gasteiger partial charge in [-0.05, 0) is 18.2 Å². The summed E-state index contributed by atoms with van der Waals surface area (Å²) in [5, 5.41) is 2.55. The van der Waals surface area contributed by atoms with E-state index in [1.165, 1.54) is 18.3 Å². The fraction of sp³-hybridized carbons (Fsp3) is 0.167. The first kappa shape index (κ1) is 11.3. The highest BCUT2D eigenvalue weighted by atomic mass is 19.1. The maximum Gasteiger partial charge on any atom is 0.261 e. The molecule has 0 bridgehead atoms. The van der Waals surface area contributed by atoms with E-state index in [0.29, 0.717) is 5.69 Å². The molecule has 17 heavy (non-hydrogen) atoms. The van der Waals surface area contributed by atoms with Gasteiger partial charge in [0, 0.05) is 25.9 Å². The normalized spacial score (nSPS) is 16.8. The highest BCUT2D eigenvalue weighted by Crippen LogP contribution is 2.25. The molecule has 1 aromatic carbocycles. The van der Waals surface area contributed by atoms with Gasteiger partial charge in [-0.2, -0.15) is 0 Å². The third-order valence-corrected chi connectivity index (χ3v) is 2.35. The molecule has 1 aromatic rings. The molecule has 1 aliphatic heterocycles. The number of hydrogen-bond donors (Lipinski definition) is 1. The maximum absolute atomic E-state index is 13.1. The van der Waals surface area contributed by atoms with Gasteiger partial charge in [-0.1, -0.05) is 0 Å². The fourth-order valence-corrected chi connectivity index (χ4v) is 1.63. The van der Waals surface area contributed by atoms with Gasteiger partial charge in [0.05, 0.1) is 5.69 Å². The van der Waals surface area contributed by atoms with Crippen LogP contribution in [0.4, 0.5) is 10.1 Å². The largest absolute Gasteiger partial charge is 0.383 e. The predicted octanol–water partition coefficient (Wildman–Crippen LogP) is 1.41. The van der Waals surface area contributed by atoms with Gasteiger partial charge in [-0.15, -0.1) is 0 Å². The van der Waals surface area contributed by atoms with Crippen LogP contribution in [0.3, 0.4) is 0 Å². The standard InChI is InChI=1S/C12H11FN2O2/c1-15(2)6-9-11(16)8-5-7(13)3-4-10(8)14-12(9)17/h3-6H,1-2H3,(H,14,17). The Hall–Kier alpha value is -2.17. The zero-order valence-electron chi connectivity index (χ0n) is 9.45. The lowest BCUT2D eigenvalue weighted by Gasteiger charge is -2.19. The van der Waals surface area contributed by atoms with Gasteiger partial charge >= 0.3 is 0 Å². The van der Waals surface area contributed by atoms with Crippen LogP contribution in [0.25, 0.3) is 0 Å². The minimum atomic E-state index is -0.502. The lowest BCUT2D eigenvalue weighted by Crippen LogP contribution is -2.29. The Morgan fingerprint density at radius 3 is 2.65 bits per heavy atom. The summed E-state index contributed by atoms with van der Waals surface area (Å²) in [5.41, 5.74) is 0.531. The highest BCUT2D eigenvalue weighted by molar-refractivity contribution is 6.33. The summed E-state index contributed by atoms with van der Waals surface area (Å²) < 4.78 is 13.1. The summed E-state index contributed by atoms with van der Waals surface area (Å²) in [4.78, 5) is 25.3. The van der Waals surface area contributed by atoms with E-state index in [1.54, 1.807) is 19.0 Å². The Morgan fingerprint density at radius 2 is 2.00 bits per heavy atom. The molecule has 1 N–H and O–H groups in total. The quantitative estimate of drug-likeness (QED) is 0.590. The number of hydrogen-bond acceptors (Lipinski definition) is 3. The van der Waals surface area contributed by atoms with Crippen LogP contribution in [0.15, 0.2) is 30.0 Å². The number of amides is 1. The summed E-state index contributed by atoms with van der Waals surface area (Å²) in [6.07, 6.45) is 1.42. The van der Waals surface area contributed by atoms with Crippen LogP contribution in [-0.2, 0) is 4.79 Å². The van der Waals surface area contributed by atoms with Gasteiger partial charge in [0.15, 0.2) is 0 Å². The average molecular weight is 234 g/mol. The number of anilines is 1. The number of nitrogens with zero attached hydrogens (tertiary/aromatic N) is 1. The van der Waals surface area contributed by atoms with E-state index in [0.717, 1.165) is 6.07 Å². The van der Waals surface area contributed by atoms with Crippen molar-refractivity contribution >= 4 is 17.4 Å². The van der Waals surface area contributed by atoms with Crippen LogP contribution in [0.2, 0.25) is 0 Å². The van der Waals surface area contributed by atoms with Gasteiger partial charge < -0.3 is 10.2 Å². The minimum Gasteiger partial charge on any atom is -0.383 e. The summed E-state index contributed by atoms with van der Waals surface area (Å²) >= 11 is 0. The zero-order valence-corrected chi connectivity index (χ0v) is 9.45. The van der Waals surface area contributed by atoms with E-state index in [4.69, 9.17) is 0 Å². The molecule has 0 atom stereocenters. The molecule has 2 rings (SSSR count). The number of halogens is 1. The number of nitrogens with one attached hydrogen (secondary N) is 1. The van der Waals surface area contributed by atoms with Crippen molar-refractivity contribution in [2.45, 2.75) is 0 Å². The number of carbonyl (C=O) groups is 2. The molecule has 1 aliphatic rings. The highest BCUT2D eigenvalue weighted by Gasteiger charge is 2.28. The number of carbonyl (C=O) groups excluding carboxylic acids is 2. The molecule has 0 aliphatic carbocycles. The minimum absolute atomic E-state index is 0.00750. The third kappa shape index (κ3) is 2.04. The molecule has 5 heteroatoms. The molecule has 0 saturated carbocycles. The SMILES string of the molecule is CN(C)C=C1C(=O)Nc2ccc(F)cc2C1=O. The number of benzene rings is 1. The number of Topliss-reactive ketones (excluding diaryl/α,β-unsaturated/α-hetero) is 1. The first-order chi connectivity index (χ1) is 7.99. The van der Waals surface area contributed by atoms with E-state index in [1.807, 2.05) is 0 Å². The predicted molar refractivity (Wildman–Crippen MR) is 61.1 cm³/mol. The van der Waals surface area contributed by atoms with Gasteiger partial charge in [0.1, 0.15) is 11.4 Å². The molecule has 88 valence electrons. The molecule has 1 heterocycles. The van der Waals surface area contributed by atoms with Crippen molar-refractivity contribution in [3.05, 3.63) is 41.4 Å². The summed E-state index contributed by atoms with van der Waals surface area (Å²) in [7, 11) is 3.41. The Labute approximate surface area is 97.7 Å². The van der Waals surface area contributed by atoms with Crippen LogP contribution in [0, 0.1) is 5.82 Å². The van der Waals surface area contributed by atoms with E-state index in [2.05, 4.69) is 5.32 Å². The first-order valence-corrected chi connectivity index (χ1v) is 5.03. The second-order valence-electron chi connectivity index (χ2n) is 3.98. The van der Waals surface area contributed by atoms with Crippen molar-refractivity contribution in [3.63, 3.8) is 0 Å². The van der Waals surface area contributed by atoms with E-state index < -0.39 is 17.5 Å². The molecule has 0 spiro atoms.